The lowest BCUT2D eigenvalue weighted by molar-refractivity contribution is 0.102. The summed E-state index contributed by atoms with van der Waals surface area (Å²) >= 11 is 11.7. The normalized spacial score (nSPS) is 18.3. The summed E-state index contributed by atoms with van der Waals surface area (Å²) in [7, 11) is -3.53. The van der Waals surface area contributed by atoms with Gasteiger partial charge >= 0.3 is 0 Å². The van der Waals surface area contributed by atoms with E-state index in [1.807, 2.05) is 0 Å². The minimum atomic E-state index is -3.53. The van der Waals surface area contributed by atoms with Crippen molar-refractivity contribution in [2.45, 2.75) is 24.7 Å². The molecule has 2 aromatic rings. The number of hydrogen-bond acceptors (Lipinski definition) is 4. The van der Waals surface area contributed by atoms with E-state index in [0.717, 1.165) is 12.8 Å². The third-order valence-corrected chi connectivity index (χ3v) is 6.81. The molecule has 27 heavy (non-hydrogen) atoms. The number of rotatable bonds is 4. The molecule has 0 aliphatic carbocycles. The second-order valence-electron chi connectivity index (χ2n) is 6.56. The Morgan fingerprint density at radius 3 is 2.52 bits per heavy atom. The molecule has 1 saturated heterocycles. The lowest BCUT2D eigenvalue weighted by Gasteiger charge is -2.30. The van der Waals surface area contributed by atoms with Crippen molar-refractivity contribution >= 4 is 44.8 Å². The van der Waals surface area contributed by atoms with E-state index in [9.17, 15) is 13.2 Å². The number of sulfonamides is 1. The fraction of sp³-hybridized carbons (Fsp3) is 0.333. The first-order valence-electron chi connectivity index (χ1n) is 8.51. The molecule has 0 spiro atoms. The van der Waals surface area contributed by atoms with E-state index < -0.39 is 15.9 Å². The van der Waals surface area contributed by atoms with Crippen LogP contribution >= 0.6 is 23.2 Å². The van der Waals surface area contributed by atoms with Crippen LogP contribution < -0.4 is 5.32 Å². The molecule has 1 unspecified atom stereocenters. The van der Waals surface area contributed by atoms with E-state index in [-0.39, 0.29) is 20.8 Å². The molecule has 1 aliphatic rings. The Bertz CT molecular complexity index is 949. The third-order valence-electron chi connectivity index (χ3n) is 4.43. The first kappa shape index (κ1) is 20.1. The van der Waals surface area contributed by atoms with Crippen LogP contribution in [0.1, 0.15) is 30.1 Å². The number of hydrogen-bond donors (Lipinski definition) is 1. The van der Waals surface area contributed by atoms with Gasteiger partial charge in [-0.25, -0.2) is 13.4 Å². The van der Waals surface area contributed by atoms with Crippen LogP contribution in [0.15, 0.2) is 41.3 Å². The number of nitrogens with one attached hydrogen (secondary N) is 1. The van der Waals surface area contributed by atoms with Crippen molar-refractivity contribution in [3.63, 3.8) is 0 Å². The molecule has 0 saturated carbocycles. The van der Waals surface area contributed by atoms with Crippen LogP contribution in [-0.4, -0.2) is 36.7 Å². The Morgan fingerprint density at radius 2 is 1.89 bits per heavy atom. The first-order chi connectivity index (χ1) is 12.8. The highest BCUT2D eigenvalue weighted by Gasteiger charge is 2.28. The summed E-state index contributed by atoms with van der Waals surface area (Å²) in [5, 5.41) is 2.86. The average molecular weight is 428 g/mol. The molecule has 2 heterocycles. The molecule has 9 heteroatoms. The Hall–Kier alpha value is -1.67. The molecule has 1 aromatic heterocycles. The number of anilines is 1. The van der Waals surface area contributed by atoms with Crippen molar-refractivity contribution in [2.75, 3.05) is 18.4 Å². The van der Waals surface area contributed by atoms with Crippen molar-refractivity contribution in [3.8, 4) is 0 Å². The first-order valence-corrected chi connectivity index (χ1v) is 10.7. The van der Waals surface area contributed by atoms with Crippen LogP contribution in [0, 0.1) is 5.92 Å². The van der Waals surface area contributed by atoms with Gasteiger partial charge in [0.1, 0.15) is 10.3 Å². The molecule has 1 fully saturated rings. The van der Waals surface area contributed by atoms with E-state index in [2.05, 4.69) is 17.2 Å². The van der Waals surface area contributed by atoms with Gasteiger partial charge in [-0.3, -0.25) is 4.79 Å². The summed E-state index contributed by atoms with van der Waals surface area (Å²) in [6, 6.07) is 9.03. The smallest absolute Gasteiger partial charge is 0.258 e. The Morgan fingerprint density at radius 1 is 1.19 bits per heavy atom. The minimum Gasteiger partial charge on any atom is -0.322 e. The molecule has 0 bridgehead atoms. The van der Waals surface area contributed by atoms with Gasteiger partial charge in [-0.05, 0) is 55.2 Å². The number of amides is 1. The second kappa shape index (κ2) is 8.14. The van der Waals surface area contributed by atoms with Crippen molar-refractivity contribution in [1.82, 2.24) is 9.29 Å². The van der Waals surface area contributed by atoms with Gasteiger partial charge in [0.2, 0.25) is 10.0 Å². The maximum absolute atomic E-state index is 12.8. The zero-order valence-corrected chi connectivity index (χ0v) is 17.0. The molecule has 144 valence electrons. The van der Waals surface area contributed by atoms with E-state index in [1.54, 1.807) is 12.1 Å². The number of pyridine rings is 1. The number of piperidine rings is 1. The summed E-state index contributed by atoms with van der Waals surface area (Å²) in [6.07, 6.45) is 1.91. The molecular weight excluding hydrogens is 409 g/mol. The van der Waals surface area contributed by atoms with Gasteiger partial charge in [0, 0.05) is 18.8 Å². The standard InChI is InChI=1S/C18H19Cl2N3O3S/c1-12-3-2-10-23(11-12)27(25,26)14-6-4-13(5-7-14)21-18(24)15-8-9-16(19)22-17(15)20/h4-9,12H,2-3,10-11H2,1H3,(H,21,24). The van der Waals surface area contributed by atoms with Crippen LogP contribution in [-0.2, 0) is 10.0 Å². The van der Waals surface area contributed by atoms with Crippen LogP contribution in [0.4, 0.5) is 5.69 Å². The number of aromatic nitrogens is 1. The van der Waals surface area contributed by atoms with Gasteiger partial charge in [0.05, 0.1) is 10.5 Å². The zero-order chi connectivity index (χ0) is 19.6. The minimum absolute atomic E-state index is 0.00147. The van der Waals surface area contributed by atoms with E-state index in [4.69, 9.17) is 23.2 Å². The number of carbonyl (C=O) groups excluding carboxylic acids is 1. The highest BCUT2D eigenvalue weighted by atomic mass is 35.5. The lowest BCUT2D eigenvalue weighted by Crippen LogP contribution is -2.39. The van der Waals surface area contributed by atoms with Crippen molar-refractivity contribution in [1.29, 1.82) is 0 Å². The van der Waals surface area contributed by atoms with Crippen LogP contribution in [0.25, 0.3) is 0 Å². The largest absolute Gasteiger partial charge is 0.322 e. The quantitative estimate of drug-likeness (QED) is 0.745. The van der Waals surface area contributed by atoms with Gasteiger partial charge in [0.25, 0.3) is 5.91 Å². The topological polar surface area (TPSA) is 79.4 Å². The molecular formula is C18H19Cl2N3O3S. The summed E-state index contributed by atoms with van der Waals surface area (Å²) in [6.45, 7) is 3.12. The maximum Gasteiger partial charge on any atom is 0.258 e. The highest BCUT2D eigenvalue weighted by Crippen LogP contribution is 2.25. The van der Waals surface area contributed by atoms with Crippen LogP contribution in [0.2, 0.25) is 10.3 Å². The Kier molecular flexibility index (Phi) is 6.05. The molecule has 0 radical (unpaired) electrons. The fourth-order valence-corrected chi connectivity index (χ4v) is 5.03. The number of carbonyl (C=O) groups is 1. The SMILES string of the molecule is CC1CCCN(S(=O)(=O)c2ccc(NC(=O)c3ccc(Cl)nc3Cl)cc2)C1. The Labute approximate surface area is 168 Å². The summed E-state index contributed by atoms with van der Waals surface area (Å²) in [5.74, 6) is -0.102. The van der Waals surface area contributed by atoms with E-state index >= 15 is 0 Å². The lowest BCUT2D eigenvalue weighted by atomic mass is 10.0. The average Bonchev–Trinajstić information content (AvgIpc) is 2.62. The molecule has 1 atom stereocenters. The van der Waals surface area contributed by atoms with Crippen molar-refractivity contribution < 1.29 is 13.2 Å². The molecule has 1 aliphatic heterocycles. The van der Waals surface area contributed by atoms with E-state index in [1.165, 1.54) is 28.6 Å². The predicted molar refractivity (Wildman–Crippen MR) is 106 cm³/mol. The van der Waals surface area contributed by atoms with Crippen molar-refractivity contribution in [3.05, 3.63) is 52.3 Å². The predicted octanol–water partition coefficient (Wildman–Crippen LogP) is 4.06. The van der Waals surface area contributed by atoms with Gasteiger partial charge in [-0.1, -0.05) is 30.1 Å². The van der Waals surface area contributed by atoms with Crippen LogP contribution in [0.5, 0.6) is 0 Å². The van der Waals surface area contributed by atoms with Crippen molar-refractivity contribution in [2.24, 2.45) is 5.92 Å². The summed E-state index contributed by atoms with van der Waals surface area (Å²) < 4.78 is 27.1. The van der Waals surface area contributed by atoms with Gasteiger partial charge in [-0.2, -0.15) is 4.31 Å². The Balaban J connectivity index is 1.74. The van der Waals surface area contributed by atoms with E-state index in [0.29, 0.717) is 24.7 Å². The number of halogens is 2. The fourth-order valence-electron chi connectivity index (χ4n) is 3.00. The van der Waals surface area contributed by atoms with Gasteiger partial charge in [-0.15, -0.1) is 0 Å². The molecule has 1 amide bonds. The van der Waals surface area contributed by atoms with Crippen LogP contribution in [0.3, 0.4) is 0 Å². The maximum atomic E-state index is 12.8. The second-order valence-corrected chi connectivity index (χ2v) is 9.24. The molecule has 3 rings (SSSR count). The highest BCUT2D eigenvalue weighted by molar-refractivity contribution is 7.89. The zero-order valence-electron chi connectivity index (χ0n) is 14.7. The summed E-state index contributed by atoms with van der Waals surface area (Å²) in [5.41, 5.74) is 0.636. The third kappa shape index (κ3) is 4.60. The molecule has 1 aromatic carbocycles. The number of benzene rings is 1. The number of nitrogens with zero attached hydrogens (tertiary/aromatic N) is 2. The van der Waals surface area contributed by atoms with Gasteiger partial charge in [0.15, 0.2) is 0 Å². The van der Waals surface area contributed by atoms with Gasteiger partial charge < -0.3 is 5.32 Å². The summed E-state index contributed by atoms with van der Waals surface area (Å²) in [4.78, 5) is 16.3. The monoisotopic (exact) mass is 427 g/mol. The molecule has 1 N–H and O–H groups in total. The molecule has 6 nitrogen and oxygen atoms in total.